The Bertz CT molecular complexity index is 2510. The van der Waals surface area contributed by atoms with E-state index in [1.165, 1.54) is 0 Å². The average Bonchev–Trinajstić information content (AvgIpc) is 3.84. The topological polar surface area (TPSA) is 329 Å². The van der Waals surface area contributed by atoms with Gasteiger partial charge >= 0.3 is 7.12 Å². The molecule has 4 heterocycles. The van der Waals surface area contributed by atoms with Crippen molar-refractivity contribution in [2.75, 3.05) is 19.8 Å². The fraction of sp³-hybridized carbons (Fsp3) is 0.586. The number of hydrogen-bond acceptors (Lipinski definition) is 19. The first-order valence-electron chi connectivity index (χ1n) is 26.6. The summed E-state index contributed by atoms with van der Waals surface area (Å²) in [7, 11) is -0.416. The molecule has 20 atom stereocenters. The number of rotatable bonds is 10. The molecule has 441 valence electrons. The van der Waals surface area contributed by atoms with Crippen LogP contribution < -0.4 is 5.46 Å². The van der Waals surface area contributed by atoms with Gasteiger partial charge in [0.15, 0.2) is 0 Å². The van der Waals surface area contributed by atoms with Crippen LogP contribution in [0.5, 0.6) is 0 Å². The third-order valence-electron chi connectivity index (χ3n) is 16.5. The molecule has 0 spiro atoms. The Morgan fingerprint density at radius 3 is 1.43 bits per heavy atom. The first-order chi connectivity index (χ1) is 36.9. The summed E-state index contributed by atoms with van der Waals surface area (Å²) < 4.78 is 30.1. The fourth-order valence-electron chi connectivity index (χ4n) is 10.8. The van der Waals surface area contributed by atoms with Crippen LogP contribution in [0.15, 0.2) is 102 Å². The summed E-state index contributed by atoms with van der Waals surface area (Å²) in [5.41, 5.74) is 4.70. The third-order valence-corrected chi connectivity index (χ3v) is 17.0. The highest BCUT2D eigenvalue weighted by Gasteiger charge is 2.52. The Morgan fingerprint density at radius 1 is 0.487 bits per heavy atom. The Hall–Kier alpha value is -3.27. The molecule has 80 heavy (non-hydrogen) atoms. The maximum atomic E-state index is 10.5. The van der Waals surface area contributed by atoms with Gasteiger partial charge in [-0.15, -0.1) is 0 Å². The van der Waals surface area contributed by atoms with Crippen LogP contribution in [0.25, 0.3) is 11.1 Å². The predicted molar refractivity (Wildman–Crippen MR) is 301 cm³/mol. The Kier molecular flexibility index (Phi) is 24.1. The summed E-state index contributed by atoms with van der Waals surface area (Å²) in [6, 6.07) is 29.3. The zero-order valence-corrected chi connectivity index (χ0v) is 46.7. The lowest BCUT2D eigenvalue weighted by molar-refractivity contribution is -0.231. The lowest BCUT2D eigenvalue weighted by Gasteiger charge is -2.41. The van der Waals surface area contributed by atoms with Crippen LogP contribution in [-0.2, 0) is 23.5 Å². The molecule has 3 radical (unpaired) electrons. The molecule has 4 aliphatic heterocycles. The second-order valence-electron chi connectivity index (χ2n) is 22.2. The molecule has 0 aromatic heterocycles. The van der Waals surface area contributed by atoms with Crippen LogP contribution in [0, 0.1) is 11.8 Å². The van der Waals surface area contributed by atoms with Gasteiger partial charge in [-0.1, -0.05) is 122 Å². The highest BCUT2D eigenvalue weighted by molar-refractivity contribution is 9.10. The Balaban J connectivity index is 0.000000228. The van der Waals surface area contributed by atoms with Gasteiger partial charge in [0, 0.05) is 37.2 Å². The molecule has 0 unspecified atom stereocenters. The molecule has 14 N–H and O–H groups in total. The molecular weight excluding hydrogens is 1100 g/mol. The van der Waals surface area contributed by atoms with Gasteiger partial charge in [0.25, 0.3) is 0 Å². The van der Waals surface area contributed by atoms with Gasteiger partial charge in [-0.3, -0.25) is 0 Å². The fourth-order valence-corrected chi connectivity index (χ4v) is 11.2. The van der Waals surface area contributed by atoms with Crippen molar-refractivity contribution in [3.63, 3.8) is 0 Å². The number of ether oxygens (including phenoxy) is 3. The van der Waals surface area contributed by atoms with E-state index in [0.717, 1.165) is 38.6 Å². The second-order valence-corrected chi connectivity index (χ2v) is 23.1. The van der Waals surface area contributed by atoms with Crippen LogP contribution >= 0.6 is 15.9 Å². The number of hydrogen-bond donors (Lipinski definition) is 14. The van der Waals surface area contributed by atoms with Gasteiger partial charge < -0.3 is 95.0 Å². The van der Waals surface area contributed by atoms with Crippen molar-refractivity contribution in [2.45, 2.75) is 183 Å². The van der Waals surface area contributed by atoms with Gasteiger partial charge in [0.1, 0.15) is 79.4 Å². The van der Waals surface area contributed by atoms with E-state index in [1.807, 2.05) is 108 Å². The van der Waals surface area contributed by atoms with E-state index in [0.29, 0.717) is 17.5 Å². The molecule has 4 aromatic rings. The minimum Gasteiger partial charge on any atom is -0.399 e. The van der Waals surface area contributed by atoms with Crippen molar-refractivity contribution < 1.29 is 95.0 Å². The van der Waals surface area contributed by atoms with Crippen molar-refractivity contribution in [2.24, 2.45) is 11.8 Å². The standard InChI is InChI=1S/C25H32O9.C20H31BO5.C12H15BrO5.CH4.B/c26-10-16-9-17(20(29)22(31)19(16)28)15-3-1-2-14(8-15)12-4-6-13(7-5-12)25-24(33)23(32)21(30)18(11-27)34-25;1-7-15-12(2)16(22)17(23)18(24-15)13-8-10-14(11-9-13)21-25-19(3,4)20(5,6)26-21;13-7-3-1-2-6(4-7)12-11(17)10(16)9(15)8(5-14)18-12;;/h1-8,16-33H,9-11H2;8-12,15-18,22-23H,7H2,1-6H3;1-4,8-12,14-17H,5H2;1H4;/t16-,17-,18-,19-,20-,21-,22+,23+,24+,25-;12-,15-,16+,17+,18-;8-,9-,10+,11+,12-;;/m111../s1. The summed E-state index contributed by atoms with van der Waals surface area (Å²) in [5.74, 6) is -1.08. The largest absolute Gasteiger partial charge is 0.494 e. The van der Waals surface area contributed by atoms with Crippen LogP contribution in [-0.4, -0.2) is 204 Å². The molecule has 5 fully saturated rings. The first-order valence-corrected chi connectivity index (χ1v) is 27.4. The first kappa shape index (κ1) is 67.5. The van der Waals surface area contributed by atoms with E-state index >= 15 is 0 Å². The van der Waals surface area contributed by atoms with Crippen molar-refractivity contribution in [3.05, 3.63) is 124 Å². The second kappa shape index (κ2) is 28.5. The Morgan fingerprint density at radius 2 is 0.938 bits per heavy atom. The molecule has 22 heteroatoms. The van der Waals surface area contributed by atoms with Crippen molar-refractivity contribution >= 4 is 36.9 Å². The summed E-state index contributed by atoms with van der Waals surface area (Å²) in [6.07, 6.45) is -16.6. The molecule has 5 aliphatic rings. The molecule has 1 saturated carbocycles. The van der Waals surface area contributed by atoms with E-state index in [-0.39, 0.29) is 45.7 Å². The minimum absolute atomic E-state index is 0. The molecule has 1 aliphatic carbocycles. The molecule has 4 aromatic carbocycles. The van der Waals surface area contributed by atoms with Gasteiger partial charge in [0.05, 0.1) is 48.8 Å². The lowest BCUT2D eigenvalue weighted by Crippen LogP contribution is -2.55. The zero-order chi connectivity index (χ0) is 57.1. The minimum atomic E-state index is -1.45. The highest BCUT2D eigenvalue weighted by Crippen LogP contribution is 2.41. The van der Waals surface area contributed by atoms with Crippen LogP contribution in [0.2, 0.25) is 0 Å². The lowest BCUT2D eigenvalue weighted by atomic mass is 9.73. The van der Waals surface area contributed by atoms with Gasteiger partial charge in [0.2, 0.25) is 0 Å². The number of aliphatic hydroxyl groups excluding tert-OH is 14. The Labute approximate surface area is 479 Å². The van der Waals surface area contributed by atoms with Gasteiger partial charge in [-0.25, -0.2) is 0 Å². The maximum Gasteiger partial charge on any atom is 0.494 e. The molecule has 4 saturated heterocycles. The van der Waals surface area contributed by atoms with E-state index in [4.69, 9.17) is 28.6 Å². The molecular formula is C58H82B2BrO19. The molecule has 0 bridgehead atoms. The monoisotopic (exact) mass is 1180 g/mol. The summed E-state index contributed by atoms with van der Waals surface area (Å²) in [5, 5.41) is 139. The SMILES string of the molecule is C.CC[C@H]1O[C@H](c2ccc(B3OC(C)(C)C(C)(C)O3)cc2)[C@@H](O)[C@@H](O)[C@@H]1C.OC[C@H]1C[C@H](c2cccc(-c3ccc([C@H]4O[C@H](CO)[C@@H](O)[C@H](O)[C@@H]4O)cc3)c2)[C@@H](O)[C@@H](O)[C@@H]1O.OC[C@H]1O[C@H](c2cccc(Br)c2)[C@@H](O)[C@@H](O)[C@@H]1O.[B]. The van der Waals surface area contributed by atoms with Crippen molar-refractivity contribution in [1.82, 2.24) is 0 Å². The number of aliphatic hydroxyl groups is 14. The smallest absolute Gasteiger partial charge is 0.399 e. The molecule has 9 rings (SSSR count). The summed E-state index contributed by atoms with van der Waals surface area (Å²) >= 11 is 3.31. The van der Waals surface area contributed by atoms with Crippen molar-refractivity contribution in [3.8, 4) is 11.1 Å². The number of halogens is 1. The van der Waals surface area contributed by atoms with Gasteiger partial charge in [-0.2, -0.15) is 0 Å². The summed E-state index contributed by atoms with van der Waals surface area (Å²) in [6.45, 7) is 10.9. The van der Waals surface area contributed by atoms with E-state index in [2.05, 4.69) is 15.9 Å². The molecule has 19 nitrogen and oxygen atoms in total. The van der Waals surface area contributed by atoms with Crippen LogP contribution in [0.3, 0.4) is 0 Å². The number of benzene rings is 4. The van der Waals surface area contributed by atoms with E-state index in [1.54, 1.807) is 30.3 Å². The van der Waals surface area contributed by atoms with Gasteiger partial charge in [-0.05, 0) is 91.5 Å². The molecule has 0 amide bonds. The maximum absolute atomic E-state index is 10.5. The average molecular weight is 1180 g/mol. The summed E-state index contributed by atoms with van der Waals surface area (Å²) in [4.78, 5) is 0. The normalized spacial score (nSPS) is 36.4. The highest BCUT2D eigenvalue weighted by atomic mass is 79.9. The van der Waals surface area contributed by atoms with Crippen LogP contribution in [0.1, 0.15) is 108 Å². The third kappa shape index (κ3) is 14.4. The van der Waals surface area contributed by atoms with Crippen molar-refractivity contribution in [1.29, 1.82) is 0 Å². The zero-order valence-electron chi connectivity index (χ0n) is 45.2. The van der Waals surface area contributed by atoms with Crippen LogP contribution in [0.4, 0.5) is 0 Å². The quantitative estimate of drug-likeness (QED) is 0.1000. The predicted octanol–water partition coefficient (Wildman–Crippen LogP) is 1.46. The van der Waals surface area contributed by atoms with E-state index in [9.17, 15) is 66.4 Å². The van der Waals surface area contributed by atoms with E-state index < -0.39 is 130 Å².